The lowest BCUT2D eigenvalue weighted by molar-refractivity contribution is 0.111. The van der Waals surface area contributed by atoms with Gasteiger partial charge in [0.2, 0.25) is 0 Å². The zero-order chi connectivity index (χ0) is 11.6. The summed E-state index contributed by atoms with van der Waals surface area (Å²) in [6.07, 6.45) is 3.97. The van der Waals surface area contributed by atoms with E-state index in [9.17, 15) is 4.79 Å². The summed E-state index contributed by atoms with van der Waals surface area (Å²) < 4.78 is 0. The van der Waals surface area contributed by atoms with Crippen LogP contribution in [-0.4, -0.2) is 21.4 Å². The van der Waals surface area contributed by atoms with Crippen LogP contribution in [0.3, 0.4) is 0 Å². The van der Waals surface area contributed by atoms with Crippen molar-refractivity contribution in [2.45, 2.75) is 6.61 Å². The molecule has 2 rings (SSSR count). The van der Waals surface area contributed by atoms with E-state index in [1.165, 1.54) is 0 Å². The zero-order valence-corrected chi connectivity index (χ0v) is 8.65. The van der Waals surface area contributed by atoms with E-state index >= 15 is 0 Å². The minimum Gasteiger partial charge on any atom is -0.390 e. The highest BCUT2D eigenvalue weighted by Crippen LogP contribution is 1.89. The fourth-order valence-corrected chi connectivity index (χ4v) is 0.937. The molecule has 0 atom stereocenters. The lowest BCUT2D eigenvalue weighted by Gasteiger charge is -1.88. The number of aldehydes is 1. The van der Waals surface area contributed by atoms with Crippen molar-refractivity contribution in [2.24, 2.45) is 0 Å². The summed E-state index contributed by atoms with van der Waals surface area (Å²) in [5.74, 6) is 0. The Morgan fingerprint density at radius 1 is 1.06 bits per heavy atom. The summed E-state index contributed by atoms with van der Waals surface area (Å²) in [4.78, 5) is 17.5. The van der Waals surface area contributed by atoms with Crippen molar-refractivity contribution < 1.29 is 9.90 Å². The molecule has 1 N–H and O–H groups in total. The van der Waals surface area contributed by atoms with Crippen LogP contribution in [0.5, 0.6) is 0 Å². The van der Waals surface area contributed by atoms with Crippen LogP contribution in [0.25, 0.3) is 0 Å². The van der Waals surface area contributed by atoms with Crippen molar-refractivity contribution in [3.63, 3.8) is 0 Å². The maximum absolute atomic E-state index is 9.94. The monoisotopic (exact) mass is 216 g/mol. The number of rotatable bonds is 2. The van der Waals surface area contributed by atoms with Gasteiger partial charge in [-0.15, -0.1) is 0 Å². The molecule has 4 heteroatoms. The van der Waals surface area contributed by atoms with Gasteiger partial charge in [-0.1, -0.05) is 12.1 Å². The van der Waals surface area contributed by atoms with Crippen molar-refractivity contribution in [1.29, 1.82) is 0 Å². The van der Waals surface area contributed by atoms with Crippen molar-refractivity contribution in [1.82, 2.24) is 9.97 Å². The number of aromatic nitrogens is 2. The van der Waals surface area contributed by atoms with Gasteiger partial charge in [0.05, 0.1) is 12.3 Å². The number of aliphatic hydroxyl groups is 1. The lowest BCUT2D eigenvalue weighted by Crippen LogP contribution is -1.84. The molecule has 0 amide bonds. The number of hydrogen-bond acceptors (Lipinski definition) is 4. The first-order valence-corrected chi connectivity index (χ1v) is 4.74. The van der Waals surface area contributed by atoms with Crippen molar-refractivity contribution in [2.75, 3.05) is 0 Å². The number of pyridine rings is 2. The quantitative estimate of drug-likeness (QED) is 0.772. The second-order valence-electron chi connectivity index (χ2n) is 2.85. The summed E-state index contributed by atoms with van der Waals surface area (Å²) >= 11 is 0. The molecular weight excluding hydrogens is 204 g/mol. The molecule has 16 heavy (non-hydrogen) atoms. The highest BCUT2D eigenvalue weighted by atomic mass is 16.3. The van der Waals surface area contributed by atoms with Gasteiger partial charge in [0.1, 0.15) is 5.69 Å². The average Bonchev–Trinajstić information content (AvgIpc) is 2.41. The van der Waals surface area contributed by atoms with Crippen molar-refractivity contribution >= 4 is 6.29 Å². The van der Waals surface area contributed by atoms with Crippen LogP contribution in [0.1, 0.15) is 16.2 Å². The molecule has 4 nitrogen and oxygen atoms in total. The van der Waals surface area contributed by atoms with Crippen molar-refractivity contribution in [3.8, 4) is 0 Å². The van der Waals surface area contributed by atoms with Crippen molar-refractivity contribution in [3.05, 3.63) is 60.2 Å². The predicted molar refractivity (Wildman–Crippen MR) is 59.8 cm³/mol. The Hall–Kier alpha value is -2.07. The van der Waals surface area contributed by atoms with Gasteiger partial charge in [-0.25, -0.2) is 0 Å². The van der Waals surface area contributed by atoms with E-state index in [0.717, 1.165) is 6.29 Å². The lowest BCUT2D eigenvalue weighted by atomic mass is 10.4. The zero-order valence-electron chi connectivity index (χ0n) is 8.65. The molecule has 0 fully saturated rings. The second kappa shape index (κ2) is 7.25. The van der Waals surface area contributed by atoms with Crippen LogP contribution in [-0.2, 0) is 6.61 Å². The molecule has 2 heterocycles. The summed E-state index contributed by atoms with van der Waals surface area (Å²) in [6.45, 7) is 0.0286. The molecule has 0 spiro atoms. The Labute approximate surface area is 93.6 Å². The first-order chi connectivity index (χ1) is 7.86. The summed E-state index contributed by atoms with van der Waals surface area (Å²) in [5.41, 5.74) is 1.19. The molecule has 2 aromatic rings. The van der Waals surface area contributed by atoms with E-state index in [1.54, 1.807) is 36.7 Å². The first kappa shape index (κ1) is 12.0. The Balaban J connectivity index is 0.000000160. The molecule has 0 unspecified atom stereocenters. The standard InChI is InChI=1S/C6H7NO.C6H5NO/c2*8-5-6-3-1-2-4-7-6/h1-4,8H,5H2;1-5H. The largest absolute Gasteiger partial charge is 0.390 e. The molecule has 0 saturated heterocycles. The fourth-order valence-electron chi connectivity index (χ4n) is 0.937. The van der Waals surface area contributed by atoms with Gasteiger partial charge in [-0.05, 0) is 24.3 Å². The molecule has 0 aromatic carbocycles. The molecule has 82 valence electrons. The van der Waals surface area contributed by atoms with Gasteiger partial charge >= 0.3 is 0 Å². The van der Waals surface area contributed by atoms with Crippen LogP contribution in [0, 0.1) is 0 Å². The summed E-state index contributed by atoms with van der Waals surface area (Å²) in [7, 11) is 0. The van der Waals surface area contributed by atoms with Gasteiger partial charge in [-0.3, -0.25) is 14.8 Å². The first-order valence-electron chi connectivity index (χ1n) is 4.74. The maximum atomic E-state index is 9.94. The highest BCUT2D eigenvalue weighted by Gasteiger charge is 1.83. The third-order valence-electron chi connectivity index (χ3n) is 1.70. The third kappa shape index (κ3) is 4.43. The second-order valence-corrected chi connectivity index (χ2v) is 2.85. The van der Waals surface area contributed by atoms with Gasteiger partial charge in [-0.2, -0.15) is 0 Å². The number of aliphatic hydroxyl groups excluding tert-OH is 1. The summed E-state index contributed by atoms with van der Waals surface area (Å²) in [6, 6.07) is 10.6. The SMILES string of the molecule is O=Cc1ccccn1.OCc1ccccn1. The maximum Gasteiger partial charge on any atom is 0.168 e. The van der Waals surface area contributed by atoms with Gasteiger partial charge in [0.25, 0.3) is 0 Å². The van der Waals surface area contributed by atoms with Gasteiger partial charge in [0.15, 0.2) is 6.29 Å². The Morgan fingerprint density at radius 3 is 2.06 bits per heavy atom. The van der Waals surface area contributed by atoms with E-state index in [0.29, 0.717) is 11.4 Å². The molecular formula is C12H12N2O2. The molecule has 0 aliphatic heterocycles. The van der Waals surface area contributed by atoms with Crippen LogP contribution in [0.2, 0.25) is 0 Å². The minimum atomic E-state index is 0.0286. The van der Waals surface area contributed by atoms with E-state index in [-0.39, 0.29) is 6.61 Å². The topological polar surface area (TPSA) is 63.1 Å². The normalized spacial score (nSPS) is 8.81. The molecule has 0 saturated carbocycles. The molecule has 2 aromatic heterocycles. The molecule has 0 aliphatic rings. The molecule has 0 radical (unpaired) electrons. The number of hydrogen-bond donors (Lipinski definition) is 1. The Bertz CT molecular complexity index is 404. The fraction of sp³-hybridized carbons (Fsp3) is 0.0833. The van der Waals surface area contributed by atoms with E-state index < -0.39 is 0 Å². The van der Waals surface area contributed by atoms with Gasteiger partial charge < -0.3 is 5.11 Å². The Morgan fingerprint density at radius 2 is 1.75 bits per heavy atom. The molecule has 0 bridgehead atoms. The third-order valence-corrected chi connectivity index (χ3v) is 1.70. The van der Waals surface area contributed by atoms with Crippen LogP contribution in [0.15, 0.2) is 48.8 Å². The van der Waals surface area contributed by atoms with E-state index in [4.69, 9.17) is 5.11 Å². The van der Waals surface area contributed by atoms with Gasteiger partial charge in [0, 0.05) is 12.4 Å². The van der Waals surface area contributed by atoms with E-state index in [1.807, 2.05) is 12.1 Å². The molecule has 0 aliphatic carbocycles. The van der Waals surface area contributed by atoms with Crippen LogP contribution >= 0.6 is 0 Å². The minimum absolute atomic E-state index is 0.0286. The number of carbonyl (C=O) groups excluding carboxylic acids is 1. The summed E-state index contributed by atoms with van der Waals surface area (Å²) in [5, 5.41) is 8.48. The number of nitrogens with zero attached hydrogens (tertiary/aromatic N) is 2. The van der Waals surface area contributed by atoms with E-state index in [2.05, 4.69) is 9.97 Å². The Kier molecular flexibility index (Phi) is 5.44. The average molecular weight is 216 g/mol. The number of carbonyl (C=O) groups is 1. The predicted octanol–water partition coefficient (Wildman–Crippen LogP) is 1.47. The smallest absolute Gasteiger partial charge is 0.168 e. The van der Waals surface area contributed by atoms with Crippen LogP contribution in [0.4, 0.5) is 0 Å². The highest BCUT2D eigenvalue weighted by molar-refractivity contribution is 5.71. The van der Waals surface area contributed by atoms with Crippen LogP contribution < -0.4 is 0 Å².